The molecule has 2 aromatic rings. The summed E-state index contributed by atoms with van der Waals surface area (Å²) >= 11 is 1.51. The van der Waals surface area contributed by atoms with Gasteiger partial charge >= 0.3 is 0 Å². The molecule has 1 saturated carbocycles. The summed E-state index contributed by atoms with van der Waals surface area (Å²) in [6, 6.07) is 8.01. The van der Waals surface area contributed by atoms with Crippen LogP contribution in [0.2, 0.25) is 0 Å². The highest BCUT2D eigenvalue weighted by molar-refractivity contribution is 8.00. The van der Waals surface area contributed by atoms with Crippen LogP contribution < -0.4 is 0 Å². The van der Waals surface area contributed by atoms with Crippen molar-refractivity contribution in [1.82, 2.24) is 14.8 Å². The van der Waals surface area contributed by atoms with Gasteiger partial charge in [0.2, 0.25) is 0 Å². The van der Waals surface area contributed by atoms with E-state index in [4.69, 9.17) is 0 Å². The normalized spacial score (nSPS) is 16.0. The van der Waals surface area contributed by atoms with Gasteiger partial charge in [-0.3, -0.25) is 4.79 Å². The van der Waals surface area contributed by atoms with E-state index in [9.17, 15) is 4.79 Å². The van der Waals surface area contributed by atoms with Crippen molar-refractivity contribution in [3.63, 3.8) is 0 Å². The maximum atomic E-state index is 12.8. The molecule has 0 aliphatic heterocycles. The average molecular weight is 358 g/mol. The zero-order chi connectivity index (χ0) is 18.2. The van der Waals surface area contributed by atoms with Crippen LogP contribution in [0.15, 0.2) is 29.4 Å². The maximum absolute atomic E-state index is 12.8. The lowest BCUT2D eigenvalue weighted by Gasteiger charge is -2.19. The number of ketones is 1. The largest absolute Gasteiger partial charge is 0.306 e. The molecule has 0 spiro atoms. The van der Waals surface area contributed by atoms with Crippen molar-refractivity contribution in [3.8, 4) is 0 Å². The Labute approximate surface area is 154 Å². The third kappa shape index (κ3) is 3.97. The third-order valence-electron chi connectivity index (χ3n) is 4.69. The molecule has 1 aromatic carbocycles. The number of carbonyl (C=O) groups excluding carboxylic acids is 1. The molecule has 1 aliphatic carbocycles. The molecule has 0 bridgehead atoms. The zero-order valence-electron chi connectivity index (χ0n) is 15.7. The van der Waals surface area contributed by atoms with Crippen LogP contribution in [0.5, 0.6) is 0 Å². The van der Waals surface area contributed by atoms with Crippen molar-refractivity contribution >= 4 is 17.5 Å². The predicted octanol–water partition coefficient (Wildman–Crippen LogP) is 4.84. The molecule has 4 nitrogen and oxygen atoms in total. The molecule has 0 radical (unpaired) electrons. The maximum Gasteiger partial charge on any atom is 0.191 e. The summed E-state index contributed by atoms with van der Waals surface area (Å²) in [5.41, 5.74) is 2.10. The summed E-state index contributed by atoms with van der Waals surface area (Å²) in [6.07, 6.45) is 2.41. The summed E-state index contributed by atoms with van der Waals surface area (Å²) in [5, 5.41) is 9.37. The summed E-state index contributed by atoms with van der Waals surface area (Å²) in [5.74, 6) is 1.79. The van der Waals surface area contributed by atoms with Gasteiger partial charge in [-0.1, -0.05) is 56.8 Å². The first-order chi connectivity index (χ1) is 11.8. The first-order valence-electron chi connectivity index (χ1n) is 9.05. The lowest BCUT2D eigenvalue weighted by molar-refractivity contribution is 0.0993. The van der Waals surface area contributed by atoms with E-state index in [-0.39, 0.29) is 16.4 Å². The Bertz CT molecular complexity index is 754. The van der Waals surface area contributed by atoms with E-state index in [0.717, 1.165) is 23.1 Å². The Morgan fingerprint density at radius 1 is 1.24 bits per heavy atom. The molecule has 1 aliphatic rings. The van der Waals surface area contributed by atoms with Gasteiger partial charge < -0.3 is 4.57 Å². The fraction of sp³-hybridized carbons (Fsp3) is 0.550. The number of aromatic nitrogens is 3. The molecule has 134 valence electrons. The highest BCUT2D eigenvalue weighted by Crippen LogP contribution is 2.40. The molecule has 3 rings (SSSR count). The molecule has 1 aromatic heterocycles. The van der Waals surface area contributed by atoms with E-state index in [0.29, 0.717) is 5.92 Å². The minimum absolute atomic E-state index is 0.0959. The van der Waals surface area contributed by atoms with E-state index in [2.05, 4.69) is 54.6 Å². The van der Waals surface area contributed by atoms with Crippen molar-refractivity contribution in [2.24, 2.45) is 0 Å². The van der Waals surface area contributed by atoms with Crippen LogP contribution in [0.25, 0.3) is 0 Å². The predicted molar refractivity (Wildman–Crippen MR) is 102 cm³/mol. The van der Waals surface area contributed by atoms with Crippen molar-refractivity contribution in [3.05, 3.63) is 41.2 Å². The van der Waals surface area contributed by atoms with Crippen molar-refractivity contribution < 1.29 is 4.79 Å². The van der Waals surface area contributed by atoms with Gasteiger partial charge in [-0.2, -0.15) is 0 Å². The number of carbonyl (C=O) groups is 1. The summed E-state index contributed by atoms with van der Waals surface area (Å²) in [4.78, 5) is 12.8. The average Bonchev–Trinajstić information content (AvgIpc) is 3.34. The smallest absolute Gasteiger partial charge is 0.191 e. The molecule has 0 saturated heterocycles. The van der Waals surface area contributed by atoms with E-state index >= 15 is 0 Å². The molecule has 1 atom stereocenters. The van der Waals surface area contributed by atoms with Gasteiger partial charge in [-0.05, 0) is 37.7 Å². The van der Waals surface area contributed by atoms with E-state index in [1.54, 1.807) is 0 Å². The van der Waals surface area contributed by atoms with E-state index in [1.165, 1.54) is 30.2 Å². The molecule has 5 heteroatoms. The number of hydrogen-bond donors (Lipinski definition) is 0. The number of hydrogen-bond acceptors (Lipinski definition) is 4. The van der Waals surface area contributed by atoms with Crippen LogP contribution in [0.4, 0.5) is 0 Å². The van der Waals surface area contributed by atoms with Crippen LogP contribution >= 0.6 is 11.8 Å². The zero-order valence-corrected chi connectivity index (χ0v) is 16.6. The fourth-order valence-corrected chi connectivity index (χ4v) is 3.91. The second kappa shape index (κ2) is 6.94. The van der Waals surface area contributed by atoms with Crippen molar-refractivity contribution in [2.75, 3.05) is 0 Å². The van der Waals surface area contributed by atoms with Gasteiger partial charge in [0.05, 0.1) is 5.25 Å². The second-order valence-corrected chi connectivity index (χ2v) is 9.12. The second-order valence-electron chi connectivity index (χ2n) is 7.81. The third-order valence-corrected chi connectivity index (χ3v) is 5.77. The molecule has 0 amide bonds. The lowest BCUT2D eigenvalue weighted by Crippen LogP contribution is -2.16. The summed E-state index contributed by atoms with van der Waals surface area (Å²) in [7, 11) is 0. The number of nitrogens with zero attached hydrogens (tertiary/aromatic N) is 3. The first-order valence-corrected chi connectivity index (χ1v) is 9.93. The first kappa shape index (κ1) is 18.2. The van der Waals surface area contributed by atoms with E-state index in [1.807, 2.05) is 19.1 Å². The number of rotatable bonds is 6. The van der Waals surface area contributed by atoms with Gasteiger partial charge in [-0.25, -0.2) is 0 Å². The molecule has 25 heavy (non-hydrogen) atoms. The Morgan fingerprint density at radius 2 is 1.88 bits per heavy atom. The van der Waals surface area contributed by atoms with Gasteiger partial charge in [0.25, 0.3) is 0 Å². The highest BCUT2D eigenvalue weighted by Gasteiger charge is 2.31. The van der Waals surface area contributed by atoms with E-state index < -0.39 is 0 Å². The minimum atomic E-state index is -0.179. The lowest BCUT2D eigenvalue weighted by atomic mass is 9.86. The monoisotopic (exact) mass is 357 g/mol. The standard InChI is InChI=1S/C20H27N3OS/c1-6-23-18(15-7-8-15)21-22-19(23)25-13(2)17(24)14-9-11-16(12-10-14)20(3,4)5/h9-13,15H,6-8H2,1-5H3/t13-/m1/s1. The molecule has 0 N–H and O–H groups in total. The molecular formula is C20H27N3OS. The topological polar surface area (TPSA) is 47.8 Å². The van der Waals surface area contributed by atoms with Crippen LogP contribution in [0.3, 0.4) is 0 Å². The number of Topliss-reactive ketones (excluding diaryl/α,β-unsaturated/α-hetero) is 1. The minimum Gasteiger partial charge on any atom is -0.306 e. The quantitative estimate of drug-likeness (QED) is 0.548. The van der Waals surface area contributed by atoms with Crippen molar-refractivity contribution in [1.29, 1.82) is 0 Å². The fourth-order valence-electron chi connectivity index (χ4n) is 2.91. The van der Waals surface area contributed by atoms with Crippen LogP contribution in [0, 0.1) is 0 Å². The highest BCUT2D eigenvalue weighted by atomic mass is 32.2. The Kier molecular flexibility index (Phi) is 5.05. The Morgan fingerprint density at radius 3 is 2.40 bits per heavy atom. The molecule has 0 unspecified atom stereocenters. The Balaban J connectivity index is 1.72. The van der Waals surface area contributed by atoms with Gasteiger partial charge in [0.1, 0.15) is 5.82 Å². The number of benzene rings is 1. The van der Waals surface area contributed by atoms with Gasteiger partial charge in [-0.15, -0.1) is 10.2 Å². The van der Waals surface area contributed by atoms with Crippen LogP contribution in [-0.2, 0) is 12.0 Å². The SMILES string of the molecule is CCn1c(S[C@H](C)C(=O)c2ccc(C(C)(C)C)cc2)nnc1C1CC1. The summed E-state index contributed by atoms with van der Waals surface area (Å²) in [6.45, 7) is 11.4. The molecule has 1 fully saturated rings. The van der Waals surface area contributed by atoms with Gasteiger partial charge in [0, 0.05) is 18.0 Å². The Hall–Kier alpha value is -1.62. The number of thioether (sulfide) groups is 1. The molecule has 1 heterocycles. The van der Waals surface area contributed by atoms with Crippen LogP contribution in [0.1, 0.15) is 75.1 Å². The molecular weight excluding hydrogens is 330 g/mol. The van der Waals surface area contributed by atoms with Crippen LogP contribution in [-0.4, -0.2) is 25.8 Å². The van der Waals surface area contributed by atoms with Crippen molar-refractivity contribution in [2.45, 2.75) is 75.7 Å². The summed E-state index contributed by atoms with van der Waals surface area (Å²) < 4.78 is 2.16. The van der Waals surface area contributed by atoms with Gasteiger partial charge in [0.15, 0.2) is 10.9 Å².